The van der Waals surface area contributed by atoms with Crippen molar-refractivity contribution in [3.05, 3.63) is 44.6 Å². The van der Waals surface area contributed by atoms with Crippen LogP contribution in [0.1, 0.15) is 11.7 Å². The van der Waals surface area contributed by atoms with Gasteiger partial charge in [-0.05, 0) is 34.5 Å². The molecule has 0 radical (unpaired) electrons. The van der Waals surface area contributed by atoms with Crippen molar-refractivity contribution in [2.75, 3.05) is 17.6 Å². The molecular formula is C12H12Cl2N2OS. The summed E-state index contributed by atoms with van der Waals surface area (Å²) in [6.45, 7) is 0.360. The molecule has 1 heterocycles. The van der Waals surface area contributed by atoms with E-state index in [4.69, 9.17) is 28.9 Å². The summed E-state index contributed by atoms with van der Waals surface area (Å²) in [6, 6.07) is 5.12. The first-order valence-electron chi connectivity index (χ1n) is 5.26. The lowest BCUT2D eigenvalue weighted by Gasteiger charge is -2.14. The Labute approximate surface area is 119 Å². The van der Waals surface area contributed by atoms with Crippen LogP contribution in [0.4, 0.5) is 11.4 Å². The van der Waals surface area contributed by atoms with Gasteiger partial charge in [-0.15, -0.1) is 0 Å². The van der Waals surface area contributed by atoms with E-state index in [0.29, 0.717) is 28.0 Å². The van der Waals surface area contributed by atoms with Crippen molar-refractivity contribution >= 4 is 45.9 Å². The highest BCUT2D eigenvalue weighted by Gasteiger charge is 2.10. The molecule has 2 aromatic rings. The molecule has 1 aromatic heterocycles. The van der Waals surface area contributed by atoms with Gasteiger partial charge in [0.1, 0.15) is 0 Å². The molecule has 0 amide bonds. The molecule has 1 unspecified atom stereocenters. The van der Waals surface area contributed by atoms with Crippen LogP contribution in [-0.2, 0) is 0 Å². The molecular weight excluding hydrogens is 291 g/mol. The average Bonchev–Trinajstić information content (AvgIpc) is 2.85. The van der Waals surface area contributed by atoms with Crippen LogP contribution in [0.15, 0.2) is 29.0 Å². The minimum atomic E-state index is -0.579. The maximum atomic E-state index is 9.93. The van der Waals surface area contributed by atoms with E-state index in [-0.39, 0.29) is 0 Å². The highest BCUT2D eigenvalue weighted by molar-refractivity contribution is 7.07. The Hall–Kier alpha value is -0.940. The van der Waals surface area contributed by atoms with Crippen LogP contribution in [0.2, 0.25) is 10.0 Å². The molecule has 96 valence electrons. The largest absolute Gasteiger partial charge is 0.397 e. The first kappa shape index (κ1) is 13.5. The van der Waals surface area contributed by atoms with Gasteiger partial charge >= 0.3 is 0 Å². The van der Waals surface area contributed by atoms with Gasteiger partial charge < -0.3 is 16.2 Å². The van der Waals surface area contributed by atoms with Crippen LogP contribution in [0.25, 0.3) is 0 Å². The van der Waals surface area contributed by atoms with Crippen molar-refractivity contribution in [3.63, 3.8) is 0 Å². The second kappa shape index (κ2) is 5.80. The third-order valence-electron chi connectivity index (χ3n) is 2.51. The van der Waals surface area contributed by atoms with E-state index in [9.17, 15) is 5.11 Å². The molecule has 0 saturated heterocycles. The van der Waals surface area contributed by atoms with Gasteiger partial charge in [-0.3, -0.25) is 0 Å². The topological polar surface area (TPSA) is 58.3 Å². The molecule has 0 aliphatic rings. The number of anilines is 2. The molecule has 0 bridgehead atoms. The van der Waals surface area contributed by atoms with Crippen LogP contribution >= 0.6 is 34.5 Å². The number of aliphatic hydroxyl groups is 1. The van der Waals surface area contributed by atoms with E-state index < -0.39 is 6.10 Å². The standard InChI is InChI=1S/C12H12Cl2N2OS/c13-8-3-10(15)11(4-9(8)14)16-5-12(17)7-1-2-18-6-7/h1-4,6,12,16-17H,5,15H2. The molecule has 1 atom stereocenters. The second-order valence-corrected chi connectivity index (χ2v) is 5.40. The SMILES string of the molecule is Nc1cc(Cl)c(Cl)cc1NCC(O)c1ccsc1. The summed E-state index contributed by atoms with van der Waals surface area (Å²) in [5, 5.41) is 17.7. The van der Waals surface area contributed by atoms with Crippen LogP contribution in [-0.4, -0.2) is 11.7 Å². The van der Waals surface area contributed by atoms with E-state index in [0.717, 1.165) is 5.56 Å². The molecule has 2 rings (SSSR count). The van der Waals surface area contributed by atoms with E-state index in [1.165, 1.54) is 0 Å². The van der Waals surface area contributed by atoms with E-state index in [1.807, 2.05) is 16.8 Å². The summed E-state index contributed by atoms with van der Waals surface area (Å²) in [6.07, 6.45) is -0.579. The Morgan fingerprint density at radius 2 is 2.06 bits per heavy atom. The van der Waals surface area contributed by atoms with Crippen molar-refractivity contribution in [2.45, 2.75) is 6.10 Å². The Bertz CT molecular complexity index is 531. The van der Waals surface area contributed by atoms with E-state index in [1.54, 1.807) is 23.5 Å². The second-order valence-electron chi connectivity index (χ2n) is 3.81. The van der Waals surface area contributed by atoms with Crippen molar-refractivity contribution < 1.29 is 5.11 Å². The van der Waals surface area contributed by atoms with Gasteiger partial charge in [-0.1, -0.05) is 23.2 Å². The number of nitrogens with two attached hydrogens (primary N) is 1. The smallest absolute Gasteiger partial charge is 0.0970 e. The van der Waals surface area contributed by atoms with Crippen LogP contribution < -0.4 is 11.1 Å². The summed E-state index contributed by atoms with van der Waals surface area (Å²) >= 11 is 13.3. The van der Waals surface area contributed by atoms with Crippen LogP contribution in [0.3, 0.4) is 0 Å². The summed E-state index contributed by atoms with van der Waals surface area (Å²) in [4.78, 5) is 0. The van der Waals surface area contributed by atoms with E-state index >= 15 is 0 Å². The molecule has 1 aromatic carbocycles. The minimum Gasteiger partial charge on any atom is -0.397 e. The predicted octanol–water partition coefficient (Wildman–Crippen LogP) is 3.78. The maximum Gasteiger partial charge on any atom is 0.0970 e. The zero-order valence-corrected chi connectivity index (χ0v) is 11.7. The Morgan fingerprint density at radius 1 is 1.33 bits per heavy atom. The Morgan fingerprint density at radius 3 is 2.72 bits per heavy atom. The van der Waals surface area contributed by atoms with Crippen molar-refractivity contribution in [1.29, 1.82) is 0 Å². The number of rotatable bonds is 4. The number of aliphatic hydroxyl groups excluding tert-OH is 1. The fraction of sp³-hybridized carbons (Fsp3) is 0.167. The molecule has 0 aliphatic heterocycles. The molecule has 0 aliphatic carbocycles. The highest BCUT2D eigenvalue weighted by Crippen LogP contribution is 2.31. The first-order chi connectivity index (χ1) is 8.58. The van der Waals surface area contributed by atoms with E-state index in [2.05, 4.69) is 5.32 Å². The predicted molar refractivity (Wildman–Crippen MR) is 78.6 cm³/mol. The number of hydrogen-bond acceptors (Lipinski definition) is 4. The number of benzene rings is 1. The number of hydrogen-bond donors (Lipinski definition) is 3. The first-order valence-corrected chi connectivity index (χ1v) is 6.96. The quantitative estimate of drug-likeness (QED) is 0.753. The number of thiophene rings is 1. The fourth-order valence-corrected chi connectivity index (χ4v) is 2.55. The van der Waals surface area contributed by atoms with Gasteiger partial charge in [0.15, 0.2) is 0 Å². The summed E-state index contributed by atoms with van der Waals surface area (Å²) in [5.74, 6) is 0. The zero-order valence-electron chi connectivity index (χ0n) is 9.36. The third kappa shape index (κ3) is 3.09. The Kier molecular flexibility index (Phi) is 4.35. The van der Waals surface area contributed by atoms with Crippen molar-refractivity contribution in [2.24, 2.45) is 0 Å². The molecule has 0 saturated carbocycles. The molecule has 3 nitrogen and oxygen atoms in total. The number of halogens is 2. The van der Waals surface area contributed by atoms with Gasteiger partial charge in [0.05, 0.1) is 27.5 Å². The lowest BCUT2D eigenvalue weighted by Crippen LogP contribution is -2.12. The fourth-order valence-electron chi connectivity index (χ4n) is 1.50. The summed E-state index contributed by atoms with van der Waals surface area (Å²) < 4.78 is 0. The highest BCUT2D eigenvalue weighted by atomic mass is 35.5. The molecule has 18 heavy (non-hydrogen) atoms. The minimum absolute atomic E-state index is 0.360. The molecule has 6 heteroatoms. The monoisotopic (exact) mass is 302 g/mol. The average molecular weight is 303 g/mol. The zero-order chi connectivity index (χ0) is 13.1. The van der Waals surface area contributed by atoms with Crippen LogP contribution in [0, 0.1) is 0 Å². The lowest BCUT2D eigenvalue weighted by atomic mass is 10.2. The lowest BCUT2D eigenvalue weighted by molar-refractivity contribution is 0.192. The molecule has 4 N–H and O–H groups in total. The van der Waals surface area contributed by atoms with Gasteiger partial charge in [0.25, 0.3) is 0 Å². The summed E-state index contributed by atoms with van der Waals surface area (Å²) in [5.41, 5.74) is 7.86. The maximum absolute atomic E-state index is 9.93. The Balaban J connectivity index is 2.04. The van der Waals surface area contributed by atoms with Gasteiger partial charge in [0.2, 0.25) is 0 Å². The summed E-state index contributed by atoms with van der Waals surface area (Å²) in [7, 11) is 0. The molecule has 0 spiro atoms. The van der Waals surface area contributed by atoms with Crippen LogP contribution in [0.5, 0.6) is 0 Å². The molecule has 0 fully saturated rings. The van der Waals surface area contributed by atoms with Gasteiger partial charge in [0, 0.05) is 6.54 Å². The van der Waals surface area contributed by atoms with Gasteiger partial charge in [-0.25, -0.2) is 0 Å². The van der Waals surface area contributed by atoms with Crippen molar-refractivity contribution in [1.82, 2.24) is 0 Å². The normalized spacial score (nSPS) is 12.4. The van der Waals surface area contributed by atoms with Crippen molar-refractivity contribution in [3.8, 4) is 0 Å². The van der Waals surface area contributed by atoms with Gasteiger partial charge in [-0.2, -0.15) is 11.3 Å². The number of nitrogen functional groups attached to an aromatic ring is 1. The number of nitrogens with one attached hydrogen (secondary N) is 1. The third-order valence-corrected chi connectivity index (χ3v) is 3.93.